The molecule has 3 aromatic rings. The molecule has 0 bridgehead atoms. The minimum atomic E-state index is -0.672. The molecule has 0 radical (unpaired) electrons. The molecule has 4 rings (SSSR count). The van der Waals surface area contributed by atoms with Crippen molar-refractivity contribution in [3.8, 4) is 11.1 Å². The molecule has 180 valence electrons. The number of methoxy groups -OCH3 is 2. The zero-order valence-corrected chi connectivity index (χ0v) is 20.3. The topological polar surface area (TPSA) is 97.8 Å². The molecule has 0 saturated heterocycles. The van der Waals surface area contributed by atoms with Crippen LogP contribution in [0.4, 0.5) is 17.1 Å². The minimum Gasteiger partial charge on any atom is -0.465 e. The number of carbonyl (C=O) groups is 3. The normalized spacial score (nSPS) is 14.8. The predicted molar refractivity (Wildman–Crippen MR) is 133 cm³/mol. The molecule has 8 nitrogen and oxygen atoms in total. The number of carbonyl (C=O) groups excluding carboxylic acids is 3. The minimum absolute atomic E-state index is 0.0406. The number of fused-ring (bicyclic) bond motifs is 1. The van der Waals surface area contributed by atoms with Crippen molar-refractivity contribution in [2.24, 2.45) is 5.92 Å². The molecule has 1 N–H and O–H groups in total. The Hall–Kier alpha value is -4.20. The van der Waals surface area contributed by atoms with Crippen LogP contribution in [0, 0.1) is 12.8 Å². The van der Waals surface area contributed by atoms with Gasteiger partial charge in [0.05, 0.1) is 31.0 Å². The molecule has 1 aromatic heterocycles. The molecule has 0 aliphatic carbocycles. The lowest BCUT2D eigenvalue weighted by molar-refractivity contribution is -0.121. The number of hydrogen-bond acceptors (Lipinski definition) is 7. The maximum absolute atomic E-state index is 12.7. The van der Waals surface area contributed by atoms with Crippen molar-refractivity contribution < 1.29 is 23.9 Å². The molecule has 8 heteroatoms. The quantitative estimate of drug-likeness (QED) is 0.544. The number of aromatic nitrogens is 1. The van der Waals surface area contributed by atoms with Crippen molar-refractivity contribution in [2.45, 2.75) is 20.3 Å². The lowest BCUT2D eigenvalue weighted by Crippen LogP contribution is -2.37. The SMILES string of the molecule is COC(=O)c1cccc(Nc2cc3c(cc2-c2ccnc(C)c2)CC(C)C(=O)N3C)c1C(=O)OC. The fourth-order valence-corrected chi connectivity index (χ4v) is 4.43. The summed E-state index contributed by atoms with van der Waals surface area (Å²) in [6, 6.07) is 12.7. The third-order valence-electron chi connectivity index (χ3n) is 6.19. The third-order valence-corrected chi connectivity index (χ3v) is 6.19. The van der Waals surface area contributed by atoms with Crippen molar-refractivity contribution in [2.75, 3.05) is 31.5 Å². The molecule has 1 unspecified atom stereocenters. The van der Waals surface area contributed by atoms with Gasteiger partial charge in [-0.1, -0.05) is 13.0 Å². The summed E-state index contributed by atoms with van der Waals surface area (Å²) in [7, 11) is 4.27. The largest absolute Gasteiger partial charge is 0.465 e. The van der Waals surface area contributed by atoms with Crippen molar-refractivity contribution in [1.82, 2.24) is 4.98 Å². The fourth-order valence-electron chi connectivity index (χ4n) is 4.43. The monoisotopic (exact) mass is 473 g/mol. The highest BCUT2D eigenvalue weighted by molar-refractivity contribution is 6.08. The van der Waals surface area contributed by atoms with Crippen molar-refractivity contribution in [3.63, 3.8) is 0 Å². The van der Waals surface area contributed by atoms with Gasteiger partial charge in [-0.3, -0.25) is 9.78 Å². The average molecular weight is 474 g/mol. The Morgan fingerprint density at radius 2 is 1.80 bits per heavy atom. The summed E-state index contributed by atoms with van der Waals surface area (Å²) in [4.78, 5) is 43.7. The Morgan fingerprint density at radius 3 is 2.49 bits per heavy atom. The van der Waals surface area contributed by atoms with Crippen LogP contribution < -0.4 is 10.2 Å². The lowest BCUT2D eigenvalue weighted by atomic mass is 9.89. The zero-order chi connectivity index (χ0) is 25.3. The van der Waals surface area contributed by atoms with E-state index < -0.39 is 11.9 Å². The van der Waals surface area contributed by atoms with Crippen LogP contribution in [0.1, 0.15) is 38.9 Å². The van der Waals surface area contributed by atoms with E-state index in [0.29, 0.717) is 17.8 Å². The van der Waals surface area contributed by atoms with Crippen LogP contribution in [0.3, 0.4) is 0 Å². The number of nitrogens with zero attached hydrogens (tertiary/aromatic N) is 2. The molecule has 1 atom stereocenters. The number of esters is 2. The standard InChI is InChI=1S/C27H27N3O5/c1-15-11-18-13-20(17-9-10-28-16(2)12-17)22(14-23(18)30(3)25(15)31)29-21-8-6-7-19(26(32)34-4)24(21)27(33)35-5/h6-10,12-15,29H,11H2,1-5H3. The number of pyridine rings is 1. The summed E-state index contributed by atoms with van der Waals surface area (Å²) in [5.74, 6) is -1.41. The molecule has 1 amide bonds. The van der Waals surface area contributed by atoms with Gasteiger partial charge in [-0.25, -0.2) is 9.59 Å². The number of ether oxygens (including phenoxy) is 2. The van der Waals surface area contributed by atoms with Gasteiger partial charge in [0.25, 0.3) is 0 Å². The number of benzene rings is 2. The van der Waals surface area contributed by atoms with Crippen LogP contribution in [0.25, 0.3) is 11.1 Å². The molecule has 0 saturated carbocycles. The molecule has 2 heterocycles. The van der Waals surface area contributed by atoms with Gasteiger partial charge in [0.2, 0.25) is 5.91 Å². The molecular formula is C27H27N3O5. The van der Waals surface area contributed by atoms with Gasteiger partial charge in [-0.15, -0.1) is 0 Å². The number of anilines is 3. The van der Waals surface area contributed by atoms with Crippen molar-refractivity contribution >= 4 is 34.9 Å². The first kappa shape index (κ1) is 23.9. The predicted octanol–water partition coefficient (Wildman–Crippen LogP) is 4.53. The Labute approximate surface area is 203 Å². The first-order chi connectivity index (χ1) is 16.7. The molecule has 0 spiro atoms. The summed E-state index contributed by atoms with van der Waals surface area (Å²) in [6.07, 6.45) is 2.37. The van der Waals surface area contributed by atoms with Gasteiger partial charge < -0.3 is 19.7 Å². The van der Waals surface area contributed by atoms with Crippen LogP contribution in [-0.2, 0) is 20.7 Å². The Kier molecular flexibility index (Phi) is 6.55. The smallest absolute Gasteiger partial charge is 0.340 e. The first-order valence-corrected chi connectivity index (χ1v) is 11.2. The zero-order valence-electron chi connectivity index (χ0n) is 20.3. The van der Waals surface area contributed by atoms with E-state index in [1.54, 1.807) is 30.3 Å². The van der Waals surface area contributed by atoms with Gasteiger partial charge in [-0.05, 0) is 60.9 Å². The van der Waals surface area contributed by atoms with Crippen LogP contribution in [0.5, 0.6) is 0 Å². The van der Waals surface area contributed by atoms with Gasteiger partial charge in [0.1, 0.15) is 0 Å². The molecular weight excluding hydrogens is 446 g/mol. The molecule has 2 aromatic carbocycles. The summed E-state index contributed by atoms with van der Waals surface area (Å²) >= 11 is 0. The number of rotatable bonds is 5. The number of hydrogen-bond donors (Lipinski definition) is 1. The summed E-state index contributed by atoms with van der Waals surface area (Å²) in [6.45, 7) is 3.84. The third kappa shape index (κ3) is 4.47. The summed E-state index contributed by atoms with van der Waals surface area (Å²) < 4.78 is 9.83. The maximum atomic E-state index is 12.7. The van der Waals surface area contributed by atoms with E-state index in [0.717, 1.165) is 28.1 Å². The second-order valence-corrected chi connectivity index (χ2v) is 8.55. The van der Waals surface area contributed by atoms with E-state index in [1.165, 1.54) is 20.3 Å². The second kappa shape index (κ2) is 9.58. The highest BCUT2D eigenvalue weighted by Crippen LogP contribution is 2.40. The van der Waals surface area contributed by atoms with E-state index in [-0.39, 0.29) is 23.0 Å². The summed E-state index contributed by atoms with van der Waals surface area (Å²) in [5.41, 5.74) is 5.69. The lowest BCUT2D eigenvalue weighted by Gasteiger charge is -2.31. The van der Waals surface area contributed by atoms with E-state index in [9.17, 15) is 14.4 Å². The van der Waals surface area contributed by atoms with Crippen LogP contribution in [0.2, 0.25) is 0 Å². The van der Waals surface area contributed by atoms with E-state index in [2.05, 4.69) is 16.4 Å². The fraction of sp³-hybridized carbons (Fsp3) is 0.259. The van der Waals surface area contributed by atoms with E-state index in [4.69, 9.17) is 9.47 Å². The molecule has 1 aliphatic heterocycles. The van der Waals surface area contributed by atoms with Crippen LogP contribution in [0.15, 0.2) is 48.7 Å². The highest BCUT2D eigenvalue weighted by Gasteiger charge is 2.29. The molecule has 0 fully saturated rings. The maximum Gasteiger partial charge on any atom is 0.340 e. The number of aryl methyl sites for hydroxylation is 1. The second-order valence-electron chi connectivity index (χ2n) is 8.55. The summed E-state index contributed by atoms with van der Waals surface area (Å²) in [5, 5.41) is 3.32. The molecule has 35 heavy (non-hydrogen) atoms. The Bertz CT molecular complexity index is 1330. The average Bonchev–Trinajstić information content (AvgIpc) is 2.86. The highest BCUT2D eigenvalue weighted by atomic mass is 16.5. The number of amides is 1. The van der Waals surface area contributed by atoms with Gasteiger partial charge in [0, 0.05) is 41.8 Å². The van der Waals surface area contributed by atoms with Crippen LogP contribution >= 0.6 is 0 Å². The van der Waals surface area contributed by atoms with Gasteiger partial charge >= 0.3 is 11.9 Å². The van der Waals surface area contributed by atoms with E-state index >= 15 is 0 Å². The van der Waals surface area contributed by atoms with Gasteiger partial charge in [-0.2, -0.15) is 0 Å². The molecule has 1 aliphatic rings. The first-order valence-electron chi connectivity index (χ1n) is 11.2. The van der Waals surface area contributed by atoms with Crippen molar-refractivity contribution in [1.29, 1.82) is 0 Å². The Balaban J connectivity index is 1.93. The Morgan fingerprint density at radius 1 is 1.06 bits per heavy atom. The van der Waals surface area contributed by atoms with Gasteiger partial charge in [0.15, 0.2) is 0 Å². The number of nitrogens with one attached hydrogen (secondary N) is 1. The van der Waals surface area contributed by atoms with Crippen molar-refractivity contribution in [3.05, 3.63) is 71.0 Å². The van der Waals surface area contributed by atoms with E-state index in [1.807, 2.05) is 32.0 Å². The van der Waals surface area contributed by atoms with Crippen LogP contribution in [-0.4, -0.2) is 44.1 Å².